The van der Waals surface area contributed by atoms with Crippen LogP contribution < -0.4 is 5.32 Å². The minimum Gasteiger partial charge on any atom is -0.339 e. The molecular formula is C11H11BrN2O3S. The van der Waals surface area contributed by atoms with Gasteiger partial charge >= 0.3 is 0 Å². The third kappa shape index (κ3) is 2.46. The Morgan fingerprint density at radius 1 is 1.56 bits per heavy atom. The summed E-state index contributed by atoms with van der Waals surface area (Å²) >= 11 is 4.57. The van der Waals surface area contributed by atoms with E-state index in [0.717, 1.165) is 4.90 Å². The van der Waals surface area contributed by atoms with Gasteiger partial charge in [0, 0.05) is 17.9 Å². The molecule has 0 aliphatic carbocycles. The van der Waals surface area contributed by atoms with Crippen LogP contribution in [0.2, 0.25) is 0 Å². The molecule has 1 unspecified atom stereocenters. The lowest BCUT2D eigenvalue weighted by Gasteiger charge is -2.28. The number of nitrogens with one attached hydrogen (secondary N) is 1. The van der Waals surface area contributed by atoms with E-state index in [9.17, 15) is 14.4 Å². The fraction of sp³-hybridized carbons (Fsp3) is 0.364. The van der Waals surface area contributed by atoms with E-state index in [1.54, 1.807) is 11.4 Å². The standard InChI is InChI=1S/C11H11BrN2O3S/c1-14-8(15)3-2-7(11(14)17)13-10(16)9-6(12)4-5-18-9/h4-5,7H,2-3H2,1H3,(H,13,16). The molecule has 0 aromatic carbocycles. The van der Waals surface area contributed by atoms with E-state index in [1.165, 1.54) is 18.4 Å². The molecule has 1 fully saturated rings. The highest BCUT2D eigenvalue weighted by Crippen LogP contribution is 2.23. The number of nitrogens with zero attached hydrogens (tertiary/aromatic N) is 1. The molecule has 1 aliphatic rings. The van der Waals surface area contributed by atoms with Gasteiger partial charge in [-0.1, -0.05) is 0 Å². The second-order valence-electron chi connectivity index (χ2n) is 3.95. The SMILES string of the molecule is CN1C(=O)CCC(NC(=O)c2sccc2Br)C1=O. The van der Waals surface area contributed by atoms with Crippen molar-refractivity contribution >= 4 is 45.0 Å². The number of amides is 3. The summed E-state index contributed by atoms with van der Waals surface area (Å²) < 4.78 is 0.706. The second-order valence-corrected chi connectivity index (χ2v) is 5.72. The summed E-state index contributed by atoms with van der Waals surface area (Å²) in [4.78, 5) is 36.7. The van der Waals surface area contributed by atoms with Crippen molar-refractivity contribution in [2.24, 2.45) is 0 Å². The number of thiophene rings is 1. The van der Waals surface area contributed by atoms with E-state index in [4.69, 9.17) is 0 Å². The minimum absolute atomic E-state index is 0.206. The number of rotatable bonds is 2. The molecule has 2 heterocycles. The first-order valence-corrected chi connectivity index (χ1v) is 7.02. The van der Waals surface area contributed by atoms with E-state index in [0.29, 0.717) is 15.8 Å². The van der Waals surface area contributed by atoms with Crippen molar-refractivity contribution in [2.45, 2.75) is 18.9 Å². The Labute approximate surface area is 116 Å². The second kappa shape index (κ2) is 5.19. The van der Waals surface area contributed by atoms with E-state index < -0.39 is 6.04 Å². The van der Waals surface area contributed by atoms with Crippen molar-refractivity contribution in [3.8, 4) is 0 Å². The molecule has 7 heteroatoms. The molecule has 1 aromatic rings. The first kappa shape index (κ1) is 13.2. The molecule has 0 saturated carbocycles. The van der Waals surface area contributed by atoms with Crippen molar-refractivity contribution in [3.63, 3.8) is 0 Å². The lowest BCUT2D eigenvalue weighted by Crippen LogP contribution is -2.52. The predicted octanol–water partition coefficient (Wildman–Crippen LogP) is 1.39. The third-order valence-corrected chi connectivity index (χ3v) is 4.61. The number of hydrogen-bond donors (Lipinski definition) is 1. The quantitative estimate of drug-likeness (QED) is 0.833. The number of piperidine rings is 1. The van der Waals surface area contributed by atoms with Gasteiger partial charge in [0.25, 0.3) is 11.8 Å². The maximum atomic E-state index is 11.9. The Bertz CT molecular complexity index is 514. The molecule has 0 radical (unpaired) electrons. The molecule has 0 bridgehead atoms. The molecule has 1 N–H and O–H groups in total. The first-order valence-electron chi connectivity index (χ1n) is 5.35. The molecular weight excluding hydrogens is 320 g/mol. The van der Waals surface area contributed by atoms with Crippen LogP contribution in [-0.2, 0) is 9.59 Å². The van der Waals surface area contributed by atoms with Crippen molar-refractivity contribution in [2.75, 3.05) is 7.05 Å². The normalized spacial score (nSPS) is 20.1. The zero-order chi connectivity index (χ0) is 13.3. The summed E-state index contributed by atoms with van der Waals surface area (Å²) in [5.74, 6) is -0.854. The predicted molar refractivity (Wildman–Crippen MR) is 70.3 cm³/mol. The van der Waals surface area contributed by atoms with Crippen LogP contribution >= 0.6 is 27.3 Å². The number of carbonyl (C=O) groups is 3. The van der Waals surface area contributed by atoms with Crippen LogP contribution in [0, 0.1) is 0 Å². The van der Waals surface area contributed by atoms with Crippen LogP contribution in [0.4, 0.5) is 0 Å². The molecule has 18 heavy (non-hydrogen) atoms. The molecule has 2 rings (SSSR count). The van der Waals surface area contributed by atoms with Crippen LogP contribution in [0.5, 0.6) is 0 Å². The number of likely N-dealkylation sites (tertiary alicyclic amines) is 1. The molecule has 96 valence electrons. The highest BCUT2D eigenvalue weighted by molar-refractivity contribution is 9.10. The highest BCUT2D eigenvalue weighted by Gasteiger charge is 2.33. The first-order chi connectivity index (χ1) is 8.50. The van der Waals surface area contributed by atoms with Crippen LogP contribution in [0.15, 0.2) is 15.9 Å². The van der Waals surface area contributed by atoms with Gasteiger partial charge in [-0.15, -0.1) is 11.3 Å². The lowest BCUT2D eigenvalue weighted by atomic mass is 10.0. The molecule has 3 amide bonds. The van der Waals surface area contributed by atoms with Gasteiger partial charge in [-0.05, 0) is 33.8 Å². The van der Waals surface area contributed by atoms with E-state index >= 15 is 0 Å². The largest absolute Gasteiger partial charge is 0.339 e. The van der Waals surface area contributed by atoms with Gasteiger partial charge in [0.15, 0.2) is 0 Å². The Morgan fingerprint density at radius 2 is 2.28 bits per heavy atom. The summed E-state index contributed by atoms with van der Waals surface area (Å²) in [6, 6.07) is 1.16. The third-order valence-electron chi connectivity index (χ3n) is 2.78. The maximum Gasteiger partial charge on any atom is 0.263 e. The van der Waals surface area contributed by atoms with Crippen LogP contribution in [0.1, 0.15) is 22.5 Å². The van der Waals surface area contributed by atoms with Gasteiger partial charge in [-0.25, -0.2) is 0 Å². The number of hydrogen-bond acceptors (Lipinski definition) is 4. The summed E-state index contributed by atoms with van der Waals surface area (Å²) in [6.45, 7) is 0. The Morgan fingerprint density at radius 3 is 2.89 bits per heavy atom. The molecule has 1 aliphatic heterocycles. The van der Waals surface area contributed by atoms with Crippen LogP contribution in [0.3, 0.4) is 0 Å². The highest BCUT2D eigenvalue weighted by atomic mass is 79.9. The molecule has 1 saturated heterocycles. The van der Waals surface area contributed by atoms with Crippen molar-refractivity contribution in [3.05, 3.63) is 20.8 Å². The fourth-order valence-corrected chi connectivity index (χ4v) is 3.18. The lowest BCUT2D eigenvalue weighted by molar-refractivity contribution is -0.147. The van der Waals surface area contributed by atoms with Crippen molar-refractivity contribution in [1.82, 2.24) is 10.2 Å². The Hall–Kier alpha value is -1.21. The van der Waals surface area contributed by atoms with E-state index in [-0.39, 0.29) is 24.1 Å². The van der Waals surface area contributed by atoms with Gasteiger partial charge in [-0.2, -0.15) is 0 Å². The number of likely N-dealkylation sites (N-methyl/N-ethyl adjacent to an activating group) is 1. The maximum absolute atomic E-state index is 11.9. The van der Waals surface area contributed by atoms with Gasteiger partial charge in [0.05, 0.1) is 0 Å². The topological polar surface area (TPSA) is 66.5 Å². The van der Waals surface area contributed by atoms with Gasteiger partial charge in [-0.3, -0.25) is 19.3 Å². The molecule has 5 nitrogen and oxygen atoms in total. The Kier molecular flexibility index (Phi) is 3.82. The zero-order valence-corrected chi connectivity index (χ0v) is 12.0. The zero-order valence-electron chi connectivity index (χ0n) is 9.60. The number of imide groups is 1. The smallest absolute Gasteiger partial charge is 0.263 e. The average Bonchev–Trinajstić information content (AvgIpc) is 2.76. The van der Waals surface area contributed by atoms with Gasteiger partial charge in [0.2, 0.25) is 5.91 Å². The van der Waals surface area contributed by atoms with Crippen LogP contribution in [-0.4, -0.2) is 35.7 Å². The van der Waals surface area contributed by atoms with E-state index in [2.05, 4.69) is 21.2 Å². The monoisotopic (exact) mass is 330 g/mol. The fourth-order valence-electron chi connectivity index (χ4n) is 1.73. The van der Waals surface area contributed by atoms with Crippen molar-refractivity contribution in [1.29, 1.82) is 0 Å². The van der Waals surface area contributed by atoms with Crippen molar-refractivity contribution < 1.29 is 14.4 Å². The van der Waals surface area contributed by atoms with E-state index in [1.807, 2.05) is 0 Å². The molecule has 0 spiro atoms. The summed E-state index contributed by atoms with van der Waals surface area (Å²) in [5, 5.41) is 4.45. The minimum atomic E-state index is -0.616. The summed E-state index contributed by atoms with van der Waals surface area (Å²) in [6.07, 6.45) is 0.634. The van der Waals surface area contributed by atoms with Gasteiger partial charge in [0.1, 0.15) is 10.9 Å². The summed E-state index contributed by atoms with van der Waals surface area (Å²) in [7, 11) is 1.43. The number of carbonyl (C=O) groups excluding carboxylic acids is 3. The average molecular weight is 331 g/mol. The summed E-state index contributed by atoms with van der Waals surface area (Å²) in [5.41, 5.74) is 0. The van der Waals surface area contributed by atoms with Gasteiger partial charge < -0.3 is 5.32 Å². The molecule has 1 atom stereocenters. The van der Waals surface area contributed by atoms with Crippen LogP contribution in [0.25, 0.3) is 0 Å². The number of halogens is 1. The molecule has 1 aromatic heterocycles. The Balaban J connectivity index is 2.06.